The number of thioether (sulfide) groups is 2. The van der Waals surface area contributed by atoms with Gasteiger partial charge in [-0.05, 0) is 67.8 Å². The maximum atomic E-state index is 2.96. The Balaban J connectivity index is 1.14. The van der Waals surface area contributed by atoms with Crippen LogP contribution in [0.3, 0.4) is 0 Å². The van der Waals surface area contributed by atoms with E-state index in [4.69, 9.17) is 0 Å². The summed E-state index contributed by atoms with van der Waals surface area (Å²) in [6.45, 7) is 14.9. The van der Waals surface area contributed by atoms with Crippen LogP contribution in [0.1, 0.15) is 64.8 Å². The molecule has 8 aromatic rings. The topological polar surface area (TPSA) is 9.86 Å². The molecule has 2 nitrogen and oxygen atoms in total. The van der Waals surface area contributed by atoms with Crippen LogP contribution in [0.15, 0.2) is 119 Å². The van der Waals surface area contributed by atoms with Gasteiger partial charge in [0.2, 0.25) is 13.4 Å². The first-order chi connectivity index (χ1) is 27.1. The summed E-state index contributed by atoms with van der Waals surface area (Å²) in [6.07, 6.45) is 0. The van der Waals surface area contributed by atoms with Crippen molar-refractivity contribution >= 4 is 102 Å². The summed E-state index contributed by atoms with van der Waals surface area (Å²) >= 11 is 4.49. The van der Waals surface area contributed by atoms with E-state index < -0.39 is 0 Å². The van der Waals surface area contributed by atoms with Gasteiger partial charge in [-0.3, -0.25) is 0 Å². The summed E-state index contributed by atoms with van der Waals surface area (Å²) in [6, 6.07) is 44.8. The third-order valence-electron chi connectivity index (χ3n) is 15.2. The minimum absolute atomic E-state index is 0.0608. The van der Waals surface area contributed by atoms with Crippen LogP contribution in [0.25, 0.3) is 54.7 Å². The van der Waals surface area contributed by atoms with Gasteiger partial charge in [0, 0.05) is 65.0 Å². The maximum Gasteiger partial charge on any atom is 0.223 e. The van der Waals surface area contributed by atoms with Gasteiger partial charge in [0.25, 0.3) is 0 Å². The van der Waals surface area contributed by atoms with Gasteiger partial charge in [-0.15, -0.1) is 23.5 Å². The fourth-order valence-corrected chi connectivity index (χ4v) is 16.6. The molecule has 0 N–H and O–H groups in total. The lowest BCUT2D eigenvalue weighted by atomic mass is 9.25. The van der Waals surface area contributed by atoms with Crippen LogP contribution in [0.4, 0.5) is 0 Å². The third-order valence-corrected chi connectivity index (χ3v) is 18.1. The Bertz CT molecular complexity index is 2930. The van der Waals surface area contributed by atoms with Crippen LogP contribution in [0.2, 0.25) is 11.6 Å². The van der Waals surface area contributed by atoms with Gasteiger partial charge in [0.1, 0.15) is 0 Å². The Labute approximate surface area is 337 Å². The van der Waals surface area contributed by atoms with E-state index in [1.165, 1.54) is 86.6 Å². The summed E-state index contributed by atoms with van der Waals surface area (Å²) in [5.41, 5.74) is 18.3. The summed E-state index contributed by atoms with van der Waals surface area (Å²) in [4.78, 5) is 2.94. The molecule has 6 heteroatoms. The summed E-state index contributed by atoms with van der Waals surface area (Å²) < 4.78 is 5.91. The number of benzene rings is 6. The third kappa shape index (κ3) is 3.58. The minimum Gasteiger partial charge on any atom is -0.336 e. The van der Waals surface area contributed by atoms with Crippen LogP contribution in [0.5, 0.6) is 0 Å². The Hall–Kier alpha value is -4.25. The van der Waals surface area contributed by atoms with Crippen molar-refractivity contribution in [3.05, 3.63) is 120 Å². The van der Waals surface area contributed by atoms with E-state index in [1.54, 1.807) is 10.9 Å². The van der Waals surface area contributed by atoms with Crippen LogP contribution in [0, 0.1) is 0 Å². The van der Waals surface area contributed by atoms with E-state index in [9.17, 15) is 0 Å². The van der Waals surface area contributed by atoms with Crippen LogP contribution in [-0.2, 0) is 10.8 Å². The van der Waals surface area contributed by atoms with Gasteiger partial charge in [-0.25, -0.2) is 0 Å². The predicted molar refractivity (Wildman–Crippen MR) is 243 cm³/mol. The van der Waals surface area contributed by atoms with Gasteiger partial charge in [-0.2, -0.15) is 0 Å². The van der Waals surface area contributed by atoms with E-state index in [2.05, 4.69) is 183 Å². The molecule has 0 saturated heterocycles. The average molecular weight is 757 g/mol. The van der Waals surface area contributed by atoms with Crippen LogP contribution in [-0.4, -0.2) is 33.1 Å². The molecule has 270 valence electrons. The SMILES string of the molecule is CC(C)(C)c1cccc(B(c2cccc(C(C)(C)C)c2)C2C3Sc4cccc5c6ccc7c8c6n(c45)C3C3B8c4c-7ccc5c6cccc7c6n(c45)[C@@H]3C2S7)c1. The number of rotatable bonds is 3. The standard InChI is InChI=1S/C50H42B2N2S2/c1-49(2,3)25-11-7-13-27(23-25)51(28-14-8-12-26(24-28)50(4,5)6)40-47-45-39-46-48(40)56-36-18-10-16-32-34-22-20-30-29-19-21-33-31-15-9-17-35(55-47)41(31)53(45)43(33)37(29)52(39)38(30)44(34)54(46)42(32)36/h7-24,39-40,45-48H,1-6H3/t39?,40?,45-,46?,47?,48?/m0/s1. The first kappa shape index (κ1) is 31.8. The second-order valence-corrected chi connectivity index (χ2v) is 22.3. The van der Waals surface area contributed by atoms with Gasteiger partial charge in [0.15, 0.2) is 0 Å². The zero-order valence-electron chi connectivity index (χ0n) is 32.7. The molecule has 7 heterocycles. The van der Waals surface area contributed by atoms with Gasteiger partial charge in [-0.1, -0.05) is 150 Å². The Morgan fingerprint density at radius 2 is 0.964 bits per heavy atom. The quantitative estimate of drug-likeness (QED) is 0.166. The van der Waals surface area contributed by atoms with Crippen molar-refractivity contribution in [3.63, 3.8) is 0 Å². The molecule has 1 saturated carbocycles. The Morgan fingerprint density at radius 1 is 0.518 bits per heavy atom. The number of aromatic nitrogens is 2. The second kappa shape index (κ2) is 10.1. The normalized spacial score (nSPS) is 24.4. The fraction of sp³-hybridized carbons (Fsp3) is 0.280. The first-order valence-corrected chi connectivity index (χ1v) is 22.6. The van der Waals surface area contributed by atoms with Gasteiger partial charge in [0.05, 0.1) is 11.0 Å². The minimum atomic E-state index is 0.0608. The molecule has 1 fully saturated rings. The van der Waals surface area contributed by atoms with Crippen molar-refractivity contribution in [3.8, 4) is 11.1 Å². The summed E-state index contributed by atoms with van der Waals surface area (Å²) in [5.74, 6) is 0.868. The number of hydrogen-bond acceptors (Lipinski definition) is 2. The lowest BCUT2D eigenvalue weighted by molar-refractivity contribution is 0.287. The smallest absolute Gasteiger partial charge is 0.223 e. The second-order valence-electron chi connectivity index (χ2n) is 19.9. The molecular weight excluding hydrogens is 714 g/mol. The highest BCUT2D eigenvalue weighted by molar-refractivity contribution is 8.01. The molecule has 6 aromatic carbocycles. The molecule has 5 aliphatic heterocycles. The highest BCUT2D eigenvalue weighted by atomic mass is 32.2. The lowest BCUT2D eigenvalue weighted by Crippen LogP contribution is -2.66. The fourth-order valence-electron chi connectivity index (χ4n) is 13.1. The molecule has 0 amide bonds. The maximum absolute atomic E-state index is 2.96. The predicted octanol–water partition coefficient (Wildman–Crippen LogP) is 10.2. The summed E-state index contributed by atoms with van der Waals surface area (Å²) in [7, 11) is 0. The molecule has 6 atom stereocenters. The largest absolute Gasteiger partial charge is 0.336 e. The molecule has 0 spiro atoms. The average Bonchev–Trinajstić information content (AvgIpc) is 3.83. The highest BCUT2D eigenvalue weighted by Crippen LogP contribution is 2.69. The Kier molecular flexibility index (Phi) is 5.71. The number of fused-ring (bicyclic) bond motifs is 3. The van der Waals surface area contributed by atoms with Crippen molar-refractivity contribution < 1.29 is 0 Å². The highest BCUT2D eigenvalue weighted by Gasteiger charge is 2.66. The Morgan fingerprint density at radius 3 is 1.43 bits per heavy atom. The van der Waals surface area contributed by atoms with Crippen molar-refractivity contribution in [2.24, 2.45) is 0 Å². The molecule has 6 aliphatic rings. The van der Waals surface area contributed by atoms with Crippen molar-refractivity contribution in [1.82, 2.24) is 9.13 Å². The lowest BCUT2D eigenvalue weighted by Gasteiger charge is -2.60. The molecule has 0 radical (unpaired) electrons. The van der Waals surface area contributed by atoms with E-state index in [1.807, 2.05) is 0 Å². The monoisotopic (exact) mass is 756 g/mol. The van der Waals surface area contributed by atoms with Crippen molar-refractivity contribution in [2.45, 2.75) is 96.4 Å². The molecule has 14 rings (SSSR count). The molecule has 1 aliphatic carbocycles. The van der Waals surface area contributed by atoms with E-state index in [-0.39, 0.29) is 17.5 Å². The first-order valence-electron chi connectivity index (χ1n) is 20.8. The zero-order valence-corrected chi connectivity index (χ0v) is 34.4. The zero-order chi connectivity index (χ0) is 37.3. The summed E-state index contributed by atoms with van der Waals surface area (Å²) in [5, 5.41) is 6.62. The molecule has 5 unspecified atom stereocenters. The number of nitrogens with zero attached hydrogens (tertiary/aromatic N) is 2. The molecular formula is C50H42B2N2S2. The molecule has 56 heavy (non-hydrogen) atoms. The van der Waals surface area contributed by atoms with Gasteiger partial charge >= 0.3 is 0 Å². The van der Waals surface area contributed by atoms with Crippen molar-refractivity contribution in [2.75, 3.05) is 0 Å². The molecule has 0 bridgehead atoms. The van der Waals surface area contributed by atoms with Crippen molar-refractivity contribution in [1.29, 1.82) is 0 Å². The van der Waals surface area contributed by atoms with Crippen LogP contribution >= 0.6 is 23.5 Å². The number of para-hydroxylation sites is 2. The number of hydrogen-bond donors (Lipinski definition) is 0. The van der Waals surface area contributed by atoms with E-state index in [0.29, 0.717) is 40.9 Å². The van der Waals surface area contributed by atoms with E-state index in [0.717, 1.165) is 0 Å². The van der Waals surface area contributed by atoms with Crippen LogP contribution < -0.4 is 21.9 Å². The van der Waals surface area contributed by atoms with E-state index >= 15 is 0 Å². The molecule has 2 aromatic heterocycles. The van der Waals surface area contributed by atoms with Gasteiger partial charge < -0.3 is 9.13 Å².